The molecule has 1 aromatic rings. The summed E-state index contributed by atoms with van der Waals surface area (Å²) in [4.78, 5) is 13.2. The van der Waals surface area contributed by atoms with Gasteiger partial charge in [0.15, 0.2) is 23.3 Å². The third-order valence-corrected chi connectivity index (χ3v) is 3.34. The number of hydrogen-bond acceptors (Lipinski definition) is 1. The fourth-order valence-electron chi connectivity index (χ4n) is 2.17. The van der Waals surface area contributed by atoms with Crippen molar-refractivity contribution in [1.29, 1.82) is 0 Å². The molecule has 1 fully saturated rings. The van der Waals surface area contributed by atoms with Gasteiger partial charge in [-0.25, -0.2) is 26.7 Å². The van der Waals surface area contributed by atoms with Gasteiger partial charge in [0.05, 0.1) is 0 Å². The van der Waals surface area contributed by atoms with Crippen LogP contribution in [0.2, 0.25) is 0 Å². The van der Waals surface area contributed by atoms with Crippen molar-refractivity contribution in [2.75, 3.05) is 18.4 Å². The molecule has 116 valence electrons. The van der Waals surface area contributed by atoms with Crippen LogP contribution in [0.5, 0.6) is 0 Å². The predicted octanol–water partition coefficient (Wildman–Crippen LogP) is 3.79. The van der Waals surface area contributed by atoms with Crippen LogP contribution in [0.15, 0.2) is 0 Å². The molecule has 0 bridgehead atoms. The summed E-state index contributed by atoms with van der Waals surface area (Å²) >= 11 is 0. The summed E-state index contributed by atoms with van der Waals surface area (Å²) in [5.74, 6) is -10.5. The number of amides is 2. The van der Waals surface area contributed by atoms with Gasteiger partial charge < -0.3 is 10.2 Å². The van der Waals surface area contributed by atoms with Crippen molar-refractivity contribution in [3.8, 4) is 0 Å². The molecule has 0 atom stereocenters. The van der Waals surface area contributed by atoms with Gasteiger partial charge in [0.2, 0.25) is 5.82 Å². The van der Waals surface area contributed by atoms with Crippen molar-refractivity contribution < 1.29 is 26.7 Å². The quantitative estimate of drug-likeness (QED) is 0.478. The van der Waals surface area contributed by atoms with Crippen molar-refractivity contribution in [2.45, 2.75) is 25.7 Å². The lowest BCUT2D eigenvalue weighted by Crippen LogP contribution is -2.36. The first-order chi connectivity index (χ1) is 9.93. The van der Waals surface area contributed by atoms with Crippen LogP contribution < -0.4 is 5.32 Å². The van der Waals surface area contributed by atoms with Gasteiger partial charge in [0.25, 0.3) is 0 Å². The number of rotatable bonds is 1. The fraction of sp³-hybridized carbons (Fsp3) is 0.462. The molecule has 3 nitrogen and oxygen atoms in total. The van der Waals surface area contributed by atoms with Gasteiger partial charge in [-0.2, -0.15) is 0 Å². The molecule has 8 heteroatoms. The van der Waals surface area contributed by atoms with E-state index in [1.807, 2.05) is 0 Å². The number of likely N-dealkylation sites (tertiary alicyclic amines) is 1. The van der Waals surface area contributed by atoms with E-state index < -0.39 is 40.8 Å². The Hall–Kier alpha value is -1.86. The molecule has 1 aliphatic heterocycles. The van der Waals surface area contributed by atoms with E-state index in [0.717, 1.165) is 25.7 Å². The molecule has 0 unspecified atom stereocenters. The summed E-state index contributed by atoms with van der Waals surface area (Å²) in [6.07, 6.45) is 3.30. The van der Waals surface area contributed by atoms with E-state index in [9.17, 15) is 26.7 Å². The monoisotopic (exact) mass is 308 g/mol. The van der Waals surface area contributed by atoms with Gasteiger partial charge in [-0.05, 0) is 12.8 Å². The Labute approximate surface area is 117 Å². The van der Waals surface area contributed by atoms with Gasteiger partial charge in [0, 0.05) is 13.1 Å². The second-order valence-corrected chi connectivity index (χ2v) is 4.78. The van der Waals surface area contributed by atoms with Crippen LogP contribution >= 0.6 is 0 Å². The predicted molar refractivity (Wildman–Crippen MR) is 65.3 cm³/mol. The summed E-state index contributed by atoms with van der Waals surface area (Å²) in [6.45, 7) is 0.752. The van der Waals surface area contributed by atoms with Crippen molar-refractivity contribution in [1.82, 2.24) is 4.90 Å². The van der Waals surface area contributed by atoms with E-state index in [1.165, 1.54) is 4.90 Å². The van der Waals surface area contributed by atoms with Crippen LogP contribution in [0.4, 0.5) is 32.4 Å². The minimum atomic E-state index is -2.25. The molecule has 1 heterocycles. The van der Waals surface area contributed by atoms with Crippen molar-refractivity contribution in [2.24, 2.45) is 0 Å². The molecule has 0 aliphatic carbocycles. The van der Waals surface area contributed by atoms with Gasteiger partial charge in [0.1, 0.15) is 5.69 Å². The third-order valence-electron chi connectivity index (χ3n) is 3.34. The molecule has 2 amide bonds. The average molecular weight is 308 g/mol. The fourth-order valence-corrected chi connectivity index (χ4v) is 2.17. The normalized spacial score (nSPS) is 15.8. The van der Waals surface area contributed by atoms with E-state index in [2.05, 4.69) is 0 Å². The number of nitrogens with zero attached hydrogens (tertiary/aromatic N) is 1. The molecular weight excluding hydrogens is 295 g/mol. The Balaban J connectivity index is 2.25. The van der Waals surface area contributed by atoms with E-state index in [-0.39, 0.29) is 0 Å². The SMILES string of the molecule is O=C(Nc1c(F)c(F)c(F)c(F)c1F)N1CCCCCC1. The number of anilines is 1. The molecule has 0 radical (unpaired) electrons. The smallest absolute Gasteiger partial charge is 0.322 e. The van der Waals surface area contributed by atoms with Gasteiger partial charge in [-0.15, -0.1) is 0 Å². The van der Waals surface area contributed by atoms with Crippen LogP contribution in [0.25, 0.3) is 0 Å². The lowest BCUT2D eigenvalue weighted by molar-refractivity contribution is 0.213. The first-order valence-corrected chi connectivity index (χ1v) is 6.51. The van der Waals surface area contributed by atoms with E-state index >= 15 is 0 Å². The number of carbonyl (C=O) groups excluding carboxylic acids is 1. The number of halogens is 5. The number of nitrogens with one attached hydrogen (secondary N) is 1. The molecular formula is C13H13F5N2O. The topological polar surface area (TPSA) is 32.3 Å². The molecule has 1 aromatic carbocycles. The van der Waals surface area contributed by atoms with Crippen LogP contribution in [0.3, 0.4) is 0 Å². The third kappa shape index (κ3) is 3.08. The maximum atomic E-state index is 13.5. The lowest BCUT2D eigenvalue weighted by atomic mass is 10.2. The van der Waals surface area contributed by atoms with Crippen LogP contribution in [0, 0.1) is 29.1 Å². The highest BCUT2D eigenvalue weighted by Crippen LogP contribution is 2.27. The molecule has 1 saturated heterocycles. The van der Waals surface area contributed by atoms with E-state index in [1.54, 1.807) is 5.32 Å². The Kier molecular flexibility index (Phi) is 4.64. The summed E-state index contributed by atoms with van der Waals surface area (Å²) in [6, 6.07) is -0.875. The molecule has 2 rings (SSSR count). The van der Waals surface area contributed by atoms with Crippen molar-refractivity contribution in [3.63, 3.8) is 0 Å². The Bertz CT molecular complexity index is 527. The van der Waals surface area contributed by atoms with Gasteiger partial charge >= 0.3 is 6.03 Å². The largest absolute Gasteiger partial charge is 0.325 e. The first kappa shape index (κ1) is 15.5. The average Bonchev–Trinajstić information content (AvgIpc) is 2.76. The lowest BCUT2D eigenvalue weighted by Gasteiger charge is -2.21. The Morgan fingerprint density at radius 2 is 1.19 bits per heavy atom. The molecule has 21 heavy (non-hydrogen) atoms. The maximum Gasteiger partial charge on any atom is 0.322 e. The zero-order valence-electron chi connectivity index (χ0n) is 11.0. The summed E-state index contributed by atoms with van der Waals surface area (Å²) in [5, 5.41) is 1.78. The highest BCUT2D eigenvalue weighted by Gasteiger charge is 2.28. The standard InChI is InChI=1S/C13H13F5N2O/c14-7-8(15)10(17)12(11(18)9(7)16)19-13(21)20-5-3-1-2-4-6-20/h1-6H2,(H,19,21). The highest BCUT2D eigenvalue weighted by molar-refractivity contribution is 5.89. The van der Waals surface area contributed by atoms with Crippen LogP contribution in [0.1, 0.15) is 25.7 Å². The summed E-state index contributed by atoms with van der Waals surface area (Å²) in [5.41, 5.74) is -1.32. The second-order valence-electron chi connectivity index (χ2n) is 4.78. The summed E-state index contributed by atoms with van der Waals surface area (Å²) in [7, 11) is 0. The molecule has 1 aliphatic rings. The zero-order valence-corrected chi connectivity index (χ0v) is 11.0. The second kappa shape index (κ2) is 6.28. The first-order valence-electron chi connectivity index (χ1n) is 6.51. The minimum Gasteiger partial charge on any atom is -0.325 e. The van der Waals surface area contributed by atoms with Gasteiger partial charge in [-0.1, -0.05) is 12.8 Å². The zero-order chi connectivity index (χ0) is 15.6. The van der Waals surface area contributed by atoms with Gasteiger partial charge in [-0.3, -0.25) is 0 Å². The van der Waals surface area contributed by atoms with E-state index in [4.69, 9.17) is 0 Å². The Morgan fingerprint density at radius 1 is 0.762 bits per heavy atom. The number of urea groups is 1. The number of benzene rings is 1. The van der Waals surface area contributed by atoms with Crippen molar-refractivity contribution >= 4 is 11.7 Å². The minimum absolute atomic E-state index is 0.376. The number of hydrogen-bond donors (Lipinski definition) is 1. The van der Waals surface area contributed by atoms with E-state index in [0.29, 0.717) is 13.1 Å². The van der Waals surface area contributed by atoms with Crippen LogP contribution in [-0.2, 0) is 0 Å². The molecule has 0 aromatic heterocycles. The number of carbonyl (C=O) groups is 1. The van der Waals surface area contributed by atoms with Crippen LogP contribution in [-0.4, -0.2) is 24.0 Å². The Morgan fingerprint density at radius 3 is 1.67 bits per heavy atom. The highest BCUT2D eigenvalue weighted by atomic mass is 19.2. The summed E-state index contributed by atoms with van der Waals surface area (Å²) < 4.78 is 65.9. The van der Waals surface area contributed by atoms with Crippen molar-refractivity contribution in [3.05, 3.63) is 29.1 Å². The molecule has 0 spiro atoms. The molecule has 1 N–H and O–H groups in total. The molecule has 0 saturated carbocycles. The maximum absolute atomic E-state index is 13.5.